The molecule has 0 aromatic carbocycles. The zero-order valence-electron chi connectivity index (χ0n) is 7.89. The van der Waals surface area contributed by atoms with Gasteiger partial charge in [-0.25, -0.2) is 0 Å². The van der Waals surface area contributed by atoms with E-state index < -0.39 is 0 Å². The molecule has 0 amide bonds. The van der Waals surface area contributed by atoms with Crippen molar-refractivity contribution >= 4 is 11.9 Å². The van der Waals surface area contributed by atoms with Gasteiger partial charge in [-0.3, -0.25) is 4.31 Å². The van der Waals surface area contributed by atoms with Gasteiger partial charge in [0, 0.05) is 17.8 Å². The SMILES string of the molecule is CC(C)(C)SN1CCCCC1. The smallest absolute Gasteiger partial charge is 0.0222 e. The zero-order valence-corrected chi connectivity index (χ0v) is 8.71. The van der Waals surface area contributed by atoms with Crippen LogP contribution in [0.25, 0.3) is 0 Å². The van der Waals surface area contributed by atoms with Crippen LogP contribution in [-0.4, -0.2) is 22.1 Å². The normalized spacial score (nSPS) is 22.1. The quantitative estimate of drug-likeness (QED) is 0.561. The lowest BCUT2D eigenvalue weighted by molar-refractivity contribution is 0.376. The summed E-state index contributed by atoms with van der Waals surface area (Å²) < 4.78 is 2.92. The first-order valence-electron chi connectivity index (χ1n) is 4.52. The van der Waals surface area contributed by atoms with Crippen molar-refractivity contribution in [2.45, 2.75) is 44.8 Å². The number of nitrogens with zero attached hydrogens (tertiary/aromatic N) is 1. The molecule has 1 nitrogen and oxygen atoms in total. The minimum absolute atomic E-state index is 0.400. The van der Waals surface area contributed by atoms with Gasteiger partial charge in [-0.15, -0.1) is 0 Å². The average molecular weight is 173 g/mol. The van der Waals surface area contributed by atoms with Crippen LogP contribution in [0.15, 0.2) is 0 Å². The highest BCUT2D eigenvalue weighted by Gasteiger charge is 2.18. The lowest BCUT2D eigenvalue weighted by atomic mass is 10.2. The molecule has 11 heavy (non-hydrogen) atoms. The maximum absolute atomic E-state index is 2.52. The molecule has 0 spiro atoms. The van der Waals surface area contributed by atoms with Crippen LogP contribution in [0.1, 0.15) is 40.0 Å². The van der Waals surface area contributed by atoms with Crippen LogP contribution in [0.5, 0.6) is 0 Å². The lowest BCUT2D eigenvalue weighted by Gasteiger charge is -2.31. The van der Waals surface area contributed by atoms with Crippen LogP contribution in [0.2, 0.25) is 0 Å². The highest BCUT2D eigenvalue weighted by molar-refractivity contribution is 7.98. The van der Waals surface area contributed by atoms with Crippen LogP contribution in [-0.2, 0) is 0 Å². The number of piperidine rings is 1. The molecule has 1 rings (SSSR count). The van der Waals surface area contributed by atoms with Gasteiger partial charge < -0.3 is 0 Å². The predicted molar refractivity (Wildman–Crippen MR) is 52.8 cm³/mol. The molecule has 0 atom stereocenters. The molecule has 0 unspecified atom stereocenters. The molecule has 66 valence electrons. The molecule has 2 heteroatoms. The Morgan fingerprint density at radius 3 is 2.00 bits per heavy atom. The van der Waals surface area contributed by atoms with Gasteiger partial charge in [0.15, 0.2) is 0 Å². The molecule has 0 aromatic heterocycles. The van der Waals surface area contributed by atoms with Crippen LogP contribution >= 0.6 is 11.9 Å². The Hall–Kier alpha value is 0.310. The van der Waals surface area contributed by atoms with Crippen LogP contribution in [0, 0.1) is 0 Å². The van der Waals surface area contributed by atoms with E-state index >= 15 is 0 Å². The summed E-state index contributed by atoms with van der Waals surface area (Å²) in [5.74, 6) is 0. The Morgan fingerprint density at radius 2 is 1.55 bits per heavy atom. The van der Waals surface area contributed by atoms with Crippen molar-refractivity contribution in [3.05, 3.63) is 0 Å². The van der Waals surface area contributed by atoms with E-state index in [0.717, 1.165) is 0 Å². The standard InChI is InChI=1S/C9H19NS/c1-9(2,3)11-10-7-5-4-6-8-10/h4-8H2,1-3H3. The lowest BCUT2D eigenvalue weighted by Crippen LogP contribution is -2.28. The summed E-state index contributed by atoms with van der Waals surface area (Å²) in [4.78, 5) is 0. The summed E-state index contributed by atoms with van der Waals surface area (Å²) >= 11 is 2.01. The molecular weight excluding hydrogens is 154 g/mol. The zero-order chi connectivity index (χ0) is 8.32. The van der Waals surface area contributed by atoms with Gasteiger partial charge in [0.2, 0.25) is 0 Å². The molecular formula is C9H19NS. The van der Waals surface area contributed by atoms with Gasteiger partial charge in [-0.2, -0.15) is 0 Å². The maximum atomic E-state index is 2.52. The molecule has 0 bridgehead atoms. The van der Waals surface area contributed by atoms with E-state index in [1.165, 1.54) is 32.4 Å². The van der Waals surface area contributed by atoms with E-state index in [-0.39, 0.29) is 0 Å². The Kier molecular flexibility index (Phi) is 3.26. The molecule has 1 aliphatic heterocycles. The summed E-state index contributed by atoms with van der Waals surface area (Å²) in [6, 6.07) is 0. The van der Waals surface area contributed by atoms with E-state index in [4.69, 9.17) is 0 Å². The molecule has 0 saturated carbocycles. The second-order valence-electron chi connectivity index (χ2n) is 4.19. The van der Waals surface area contributed by atoms with Gasteiger partial charge in [0.05, 0.1) is 0 Å². The van der Waals surface area contributed by atoms with E-state index in [0.29, 0.717) is 4.75 Å². The molecule has 0 N–H and O–H groups in total. The van der Waals surface area contributed by atoms with Crippen LogP contribution < -0.4 is 0 Å². The minimum atomic E-state index is 0.400. The molecule has 1 fully saturated rings. The van der Waals surface area contributed by atoms with Crippen LogP contribution in [0.4, 0.5) is 0 Å². The van der Waals surface area contributed by atoms with Crippen LogP contribution in [0.3, 0.4) is 0 Å². The van der Waals surface area contributed by atoms with E-state index in [9.17, 15) is 0 Å². The van der Waals surface area contributed by atoms with E-state index in [1.807, 2.05) is 11.9 Å². The van der Waals surface area contributed by atoms with Gasteiger partial charge in [0.1, 0.15) is 0 Å². The molecule has 1 aliphatic rings. The highest BCUT2D eigenvalue weighted by Crippen LogP contribution is 2.29. The molecule has 1 saturated heterocycles. The summed E-state index contributed by atoms with van der Waals surface area (Å²) in [6.07, 6.45) is 4.22. The molecule has 1 heterocycles. The number of rotatable bonds is 1. The van der Waals surface area contributed by atoms with Gasteiger partial charge >= 0.3 is 0 Å². The minimum Gasteiger partial charge on any atom is -0.250 e. The first kappa shape index (κ1) is 9.40. The maximum Gasteiger partial charge on any atom is 0.0222 e. The first-order chi connectivity index (χ1) is 5.08. The highest BCUT2D eigenvalue weighted by atomic mass is 32.2. The van der Waals surface area contributed by atoms with Crippen molar-refractivity contribution in [2.24, 2.45) is 0 Å². The number of hydrogen-bond acceptors (Lipinski definition) is 2. The van der Waals surface area contributed by atoms with Gasteiger partial charge in [-0.1, -0.05) is 18.4 Å². The topological polar surface area (TPSA) is 3.24 Å². The van der Waals surface area contributed by atoms with Crippen molar-refractivity contribution in [3.8, 4) is 0 Å². The second kappa shape index (κ2) is 3.81. The summed E-state index contributed by atoms with van der Waals surface area (Å²) in [7, 11) is 0. The van der Waals surface area contributed by atoms with Crippen molar-refractivity contribution < 1.29 is 0 Å². The molecule has 0 aromatic rings. The Balaban J connectivity index is 2.24. The Bertz CT molecular complexity index is 111. The molecule has 0 aliphatic carbocycles. The fourth-order valence-corrected chi connectivity index (χ4v) is 2.56. The van der Waals surface area contributed by atoms with Crippen molar-refractivity contribution in [2.75, 3.05) is 13.1 Å². The van der Waals surface area contributed by atoms with Gasteiger partial charge in [0.25, 0.3) is 0 Å². The number of hydrogen-bond donors (Lipinski definition) is 0. The fraction of sp³-hybridized carbons (Fsp3) is 1.00. The average Bonchev–Trinajstić information content (AvgIpc) is 1.85. The Labute approximate surface area is 74.7 Å². The van der Waals surface area contributed by atoms with Crippen molar-refractivity contribution in [1.29, 1.82) is 0 Å². The Morgan fingerprint density at radius 1 is 1.00 bits per heavy atom. The third-order valence-electron chi connectivity index (χ3n) is 1.72. The third kappa shape index (κ3) is 4.02. The fourth-order valence-electron chi connectivity index (χ4n) is 1.34. The summed E-state index contributed by atoms with van der Waals surface area (Å²) in [5, 5.41) is 0. The first-order valence-corrected chi connectivity index (χ1v) is 5.29. The summed E-state index contributed by atoms with van der Waals surface area (Å²) in [6.45, 7) is 9.44. The molecule has 0 radical (unpaired) electrons. The monoisotopic (exact) mass is 173 g/mol. The third-order valence-corrected chi connectivity index (χ3v) is 2.89. The van der Waals surface area contributed by atoms with Crippen molar-refractivity contribution in [1.82, 2.24) is 4.31 Å². The van der Waals surface area contributed by atoms with E-state index in [2.05, 4.69) is 25.1 Å². The largest absolute Gasteiger partial charge is 0.250 e. The van der Waals surface area contributed by atoms with Crippen molar-refractivity contribution in [3.63, 3.8) is 0 Å². The second-order valence-corrected chi connectivity index (χ2v) is 6.12. The van der Waals surface area contributed by atoms with Gasteiger partial charge in [-0.05, 0) is 33.6 Å². The summed E-state index contributed by atoms with van der Waals surface area (Å²) in [5.41, 5.74) is 0. The predicted octanol–water partition coefficient (Wildman–Crippen LogP) is 2.92. The van der Waals surface area contributed by atoms with E-state index in [1.54, 1.807) is 0 Å².